The summed E-state index contributed by atoms with van der Waals surface area (Å²) in [6.45, 7) is 1.94. The number of hydrogen-bond acceptors (Lipinski definition) is 3. The molecular weight excluding hydrogens is 374 g/mol. The minimum Gasteiger partial charge on any atom is -0.494 e. The van der Waals surface area contributed by atoms with Crippen molar-refractivity contribution in [3.05, 3.63) is 65.2 Å². The molecule has 0 aliphatic carbocycles. The van der Waals surface area contributed by atoms with E-state index in [0.29, 0.717) is 31.0 Å². The zero-order chi connectivity index (χ0) is 19.8. The minimum atomic E-state index is -0.285. The van der Waals surface area contributed by atoms with Crippen LogP contribution in [0, 0.1) is 5.41 Å². The Morgan fingerprint density at radius 3 is 2.64 bits per heavy atom. The highest BCUT2D eigenvalue weighted by atomic mass is 35.5. The van der Waals surface area contributed by atoms with Gasteiger partial charge in [0.2, 0.25) is 5.91 Å². The molecule has 1 fully saturated rings. The van der Waals surface area contributed by atoms with Gasteiger partial charge in [-0.3, -0.25) is 4.79 Å². The fourth-order valence-electron chi connectivity index (χ4n) is 3.84. The molecule has 4 nitrogen and oxygen atoms in total. The second-order valence-corrected chi connectivity index (χ2v) is 7.99. The molecule has 2 aromatic carbocycles. The van der Waals surface area contributed by atoms with Gasteiger partial charge in [0.05, 0.1) is 13.2 Å². The SMILES string of the molecule is O=C(CCc1ccccc1Cl)N1CCC[C@](CO)(CCOc2ccccc2)C1. The molecule has 1 N–H and O–H groups in total. The van der Waals surface area contributed by atoms with E-state index in [1.54, 1.807) is 0 Å². The first-order chi connectivity index (χ1) is 13.6. The Labute approximate surface area is 172 Å². The van der Waals surface area contributed by atoms with Crippen molar-refractivity contribution in [2.75, 3.05) is 26.3 Å². The minimum absolute atomic E-state index is 0.0689. The molecular formula is C23H28ClNO3. The van der Waals surface area contributed by atoms with Crippen molar-refractivity contribution in [3.8, 4) is 5.75 Å². The van der Waals surface area contributed by atoms with Crippen molar-refractivity contribution in [2.45, 2.75) is 32.1 Å². The van der Waals surface area contributed by atoms with Crippen LogP contribution in [0.15, 0.2) is 54.6 Å². The average molecular weight is 402 g/mol. The molecule has 1 heterocycles. The number of aliphatic hydroxyl groups excluding tert-OH is 1. The molecule has 5 heteroatoms. The summed E-state index contributed by atoms with van der Waals surface area (Å²) in [5, 5.41) is 10.8. The Morgan fingerprint density at radius 1 is 1.14 bits per heavy atom. The van der Waals surface area contributed by atoms with E-state index < -0.39 is 0 Å². The van der Waals surface area contributed by atoms with Gasteiger partial charge in [-0.2, -0.15) is 0 Å². The summed E-state index contributed by atoms with van der Waals surface area (Å²) in [7, 11) is 0. The molecule has 1 aliphatic heterocycles. The number of benzene rings is 2. The second-order valence-electron chi connectivity index (χ2n) is 7.58. The zero-order valence-corrected chi connectivity index (χ0v) is 16.9. The number of likely N-dealkylation sites (tertiary alicyclic amines) is 1. The number of rotatable bonds is 8. The Hall–Kier alpha value is -2.04. The molecule has 0 aromatic heterocycles. The summed E-state index contributed by atoms with van der Waals surface area (Å²) in [4.78, 5) is 14.7. The van der Waals surface area contributed by atoms with E-state index in [1.807, 2.05) is 59.5 Å². The topological polar surface area (TPSA) is 49.8 Å². The highest BCUT2D eigenvalue weighted by Crippen LogP contribution is 2.33. The lowest BCUT2D eigenvalue weighted by molar-refractivity contribution is -0.135. The van der Waals surface area contributed by atoms with Gasteiger partial charge in [-0.1, -0.05) is 48.0 Å². The zero-order valence-electron chi connectivity index (χ0n) is 16.1. The third-order valence-corrected chi connectivity index (χ3v) is 5.93. The van der Waals surface area contributed by atoms with Crippen molar-refractivity contribution in [2.24, 2.45) is 5.41 Å². The number of nitrogens with zero attached hydrogens (tertiary/aromatic N) is 1. The summed E-state index contributed by atoms with van der Waals surface area (Å²) < 4.78 is 5.82. The quantitative estimate of drug-likeness (QED) is 0.715. The van der Waals surface area contributed by atoms with Gasteiger partial charge in [-0.25, -0.2) is 0 Å². The third kappa shape index (κ3) is 5.49. The lowest BCUT2D eigenvalue weighted by atomic mass is 9.78. The fourth-order valence-corrected chi connectivity index (χ4v) is 4.07. The highest BCUT2D eigenvalue weighted by molar-refractivity contribution is 6.31. The normalized spacial score (nSPS) is 19.4. The number of carbonyl (C=O) groups excluding carboxylic acids is 1. The number of hydrogen-bond donors (Lipinski definition) is 1. The molecule has 1 amide bonds. The molecule has 1 saturated heterocycles. The fraction of sp³-hybridized carbons (Fsp3) is 0.435. The predicted molar refractivity (Wildman–Crippen MR) is 112 cm³/mol. The first-order valence-electron chi connectivity index (χ1n) is 9.92. The third-order valence-electron chi connectivity index (χ3n) is 5.56. The van der Waals surface area contributed by atoms with Crippen LogP contribution in [0.2, 0.25) is 5.02 Å². The monoisotopic (exact) mass is 401 g/mol. The first kappa shape index (κ1) is 20.7. The van der Waals surface area contributed by atoms with Gasteiger partial charge in [0.15, 0.2) is 0 Å². The largest absolute Gasteiger partial charge is 0.494 e. The lowest BCUT2D eigenvalue weighted by Crippen LogP contribution is -2.48. The van der Waals surface area contributed by atoms with E-state index in [-0.39, 0.29) is 17.9 Å². The summed E-state index contributed by atoms with van der Waals surface area (Å²) >= 11 is 6.20. The number of para-hydroxylation sites is 1. The van der Waals surface area contributed by atoms with Crippen LogP contribution < -0.4 is 4.74 Å². The van der Waals surface area contributed by atoms with Gasteiger partial charge in [0.25, 0.3) is 0 Å². The van der Waals surface area contributed by atoms with E-state index in [4.69, 9.17) is 16.3 Å². The lowest BCUT2D eigenvalue weighted by Gasteiger charge is -2.42. The standard InChI is InChI=1S/C23H28ClNO3/c24-21-10-5-4-7-19(21)11-12-22(27)25-15-6-13-23(17-25,18-26)14-16-28-20-8-2-1-3-9-20/h1-5,7-10,26H,6,11-18H2/t23-/m0/s1. The van der Waals surface area contributed by atoms with Crippen molar-refractivity contribution in [1.29, 1.82) is 0 Å². The molecule has 0 bridgehead atoms. The summed E-state index contributed by atoms with van der Waals surface area (Å²) in [5.41, 5.74) is 0.715. The number of carbonyl (C=O) groups is 1. The Morgan fingerprint density at radius 2 is 1.89 bits per heavy atom. The van der Waals surface area contributed by atoms with Crippen LogP contribution in [-0.2, 0) is 11.2 Å². The van der Waals surface area contributed by atoms with E-state index in [1.165, 1.54) is 0 Å². The van der Waals surface area contributed by atoms with Crippen LogP contribution in [0.25, 0.3) is 0 Å². The van der Waals surface area contributed by atoms with E-state index in [0.717, 1.165) is 37.1 Å². The molecule has 2 aromatic rings. The smallest absolute Gasteiger partial charge is 0.222 e. The molecule has 1 atom stereocenters. The number of aliphatic hydroxyl groups is 1. The molecule has 1 aliphatic rings. The number of amides is 1. The summed E-state index contributed by atoms with van der Waals surface area (Å²) in [6.07, 6.45) is 3.62. The Balaban J connectivity index is 1.53. The van der Waals surface area contributed by atoms with Crippen molar-refractivity contribution in [3.63, 3.8) is 0 Å². The van der Waals surface area contributed by atoms with Crippen LogP contribution in [0.4, 0.5) is 0 Å². The summed E-state index contributed by atoms with van der Waals surface area (Å²) in [5.74, 6) is 0.959. The van der Waals surface area contributed by atoms with Crippen LogP contribution in [0.5, 0.6) is 5.75 Å². The number of aryl methyl sites for hydroxylation is 1. The second kappa shape index (κ2) is 9.94. The Bertz CT molecular complexity index is 767. The van der Waals surface area contributed by atoms with Gasteiger partial charge in [-0.05, 0) is 49.4 Å². The van der Waals surface area contributed by atoms with Crippen molar-refractivity contribution >= 4 is 17.5 Å². The van der Waals surface area contributed by atoms with Gasteiger partial charge < -0.3 is 14.7 Å². The predicted octanol–water partition coefficient (Wildman–Crippen LogP) is 4.34. The number of piperidine rings is 1. The van der Waals surface area contributed by atoms with Gasteiger partial charge >= 0.3 is 0 Å². The van der Waals surface area contributed by atoms with E-state index >= 15 is 0 Å². The summed E-state index contributed by atoms with van der Waals surface area (Å²) in [6, 6.07) is 17.3. The number of halogens is 1. The van der Waals surface area contributed by atoms with E-state index in [9.17, 15) is 9.90 Å². The maximum Gasteiger partial charge on any atom is 0.222 e. The molecule has 0 unspecified atom stereocenters. The first-order valence-corrected chi connectivity index (χ1v) is 10.3. The van der Waals surface area contributed by atoms with Crippen LogP contribution in [0.3, 0.4) is 0 Å². The van der Waals surface area contributed by atoms with Crippen LogP contribution in [0.1, 0.15) is 31.2 Å². The molecule has 150 valence electrons. The van der Waals surface area contributed by atoms with Crippen LogP contribution in [-0.4, -0.2) is 42.2 Å². The average Bonchev–Trinajstić information content (AvgIpc) is 2.74. The van der Waals surface area contributed by atoms with Crippen LogP contribution >= 0.6 is 11.6 Å². The maximum absolute atomic E-state index is 12.8. The highest BCUT2D eigenvalue weighted by Gasteiger charge is 2.36. The maximum atomic E-state index is 12.8. The van der Waals surface area contributed by atoms with Gasteiger partial charge in [0, 0.05) is 29.9 Å². The van der Waals surface area contributed by atoms with Gasteiger partial charge in [0.1, 0.15) is 5.75 Å². The molecule has 0 spiro atoms. The molecule has 3 rings (SSSR count). The van der Waals surface area contributed by atoms with Gasteiger partial charge in [-0.15, -0.1) is 0 Å². The van der Waals surface area contributed by atoms with Crippen molar-refractivity contribution in [1.82, 2.24) is 4.90 Å². The van der Waals surface area contributed by atoms with E-state index in [2.05, 4.69) is 0 Å². The Kier molecular flexibility index (Phi) is 7.35. The van der Waals surface area contributed by atoms with Crippen molar-refractivity contribution < 1.29 is 14.6 Å². The number of ether oxygens (including phenoxy) is 1. The molecule has 0 radical (unpaired) electrons. The molecule has 28 heavy (non-hydrogen) atoms. The molecule has 0 saturated carbocycles.